The van der Waals surface area contributed by atoms with Crippen molar-refractivity contribution in [1.82, 2.24) is 4.98 Å². The molecule has 7 N–H and O–H groups in total. The molecule has 1 aliphatic rings. The van der Waals surface area contributed by atoms with Crippen molar-refractivity contribution in [1.29, 1.82) is 0 Å². The van der Waals surface area contributed by atoms with E-state index in [9.17, 15) is 9.18 Å². The molecule has 0 aliphatic heterocycles. The van der Waals surface area contributed by atoms with Gasteiger partial charge in [0.2, 0.25) is 11.9 Å². The lowest BCUT2D eigenvalue weighted by Gasteiger charge is -2.37. The summed E-state index contributed by atoms with van der Waals surface area (Å²) >= 11 is 6.06. The first-order chi connectivity index (χ1) is 15.3. The number of rotatable bonds is 8. The number of anilines is 1. The summed E-state index contributed by atoms with van der Waals surface area (Å²) in [7, 11) is 0. The van der Waals surface area contributed by atoms with Crippen LogP contribution in [0.3, 0.4) is 0 Å². The summed E-state index contributed by atoms with van der Waals surface area (Å²) in [6, 6.07) is 10.4. The second-order valence-corrected chi connectivity index (χ2v) is 8.33. The Hall–Kier alpha value is -3.04. The second-order valence-electron chi connectivity index (χ2n) is 7.89. The Morgan fingerprint density at radius 3 is 2.69 bits per heavy atom. The minimum absolute atomic E-state index is 0.0738. The smallest absolute Gasteiger partial charge is 0.233 e. The van der Waals surface area contributed by atoms with Crippen LogP contribution in [0.5, 0.6) is 0 Å². The molecule has 0 spiro atoms. The number of hydrogen-bond donors (Lipinski definition) is 4. The first-order valence-electron chi connectivity index (χ1n) is 10.3. The van der Waals surface area contributed by atoms with Gasteiger partial charge < -0.3 is 22.5 Å². The third-order valence-corrected chi connectivity index (χ3v) is 5.82. The molecule has 2 aromatic rings. The molecule has 0 radical (unpaired) electrons. The first-order valence-corrected chi connectivity index (χ1v) is 10.7. The quantitative estimate of drug-likeness (QED) is 0.272. The van der Waals surface area contributed by atoms with Gasteiger partial charge in [0.25, 0.3) is 0 Å². The van der Waals surface area contributed by atoms with Crippen LogP contribution in [0.15, 0.2) is 52.6 Å². The molecular weight excluding hydrogens is 433 g/mol. The number of primary amides is 1. The van der Waals surface area contributed by atoms with Crippen molar-refractivity contribution in [2.24, 2.45) is 33.1 Å². The molecule has 1 saturated carbocycles. The summed E-state index contributed by atoms with van der Waals surface area (Å²) in [5.41, 5.74) is 18.2. The Morgan fingerprint density at radius 1 is 1.31 bits per heavy atom. The van der Waals surface area contributed by atoms with Gasteiger partial charge >= 0.3 is 0 Å². The monoisotopic (exact) mass is 459 g/mol. The Labute approximate surface area is 191 Å². The molecule has 0 bridgehead atoms. The van der Waals surface area contributed by atoms with Gasteiger partial charge in [0.15, 0.2) is 0 Å². The molecule has 170 valence electrons. The lowest BCUT2D eigenvalue weighted by molar-refractivity contribution is -0.118. The Kier molecular flexibility index (Phi) is 7.76. The number of aromatic nitrogens is 1. The maximum atomic E-state index is 13.3. The van der Waals surface area contributed by atoms with Crippen molar-refractivity contribution in [3.05, 3.63) is 53.6 Å². The molecule has 1 amide bonds. The van der Waals surface area contributed by atoms with Gasteiger partial charge in [0, 0.05) is 41.8 Å². The fraction of sp³-hybridized carbons (Fsp3) is 0.364. The predicted molar refractivity (Wildman–Crippen MR) is 126 cm³/mol. The highest BCUT2D eigenvalue weighted by Gasteiger charge is 2.34. The van der Waals surface area contributed by atoms with Gasteiger partial charge in [-0.3, -0.25) is 9.79 Å². The predicted octanol–water partition coefficient (Wildman–Crippen LogP) is 2.79. The van der Waals surface area contributed by atoms with E-state index in [4.69, 9.17) is 28.8 Å². The zero-order valence-corrected chi connectivity index (χ0v) is 18.3. The van der Waals surface area contributed by atoms with Crippen molar-refractivity contribution in [3.63, 3.8) is 0 Å². The molecule has 8 nitrogen and oxygen atoms in total. The van der Waals surface area contributed by atoms with Crippen LogP contribution >= 0.6 is 11.6 Å². The first kappa shape index (κ1) is 23.6. The van der Waals surface area contributed by atoms with E-state index in [1.807, 2.05) is 24.3 Å². The minimum Gasteiger partial charge on any atom is -0.386 e. The standard InChI is InChI=1S/C22H27ClFN7O/c23-14-2-1-3-16(10-14)30-15-4-7-22(13-25,8-5-15)29-12-18(21(27)32)20(26)31-17-6-9-28-19(24)11-17/h1-3,6,9-12,15,18,30H,4-5,7-8,13,25H2,(H2,27,32)(H2,26,28,31). The van der Waals surface area contributed by atoms with E-state index in [2.05, 4.69) is 20.3 Å². The lowest BCUT2D eigenvalue weighted by atomic mass is 9.79. The van der Waals surface area contributed by atoms with Crippen molar-refractivity contribution in [3.8, 4) is 0 Å². The minimum atomic E-state index is -1.03. The highest BCUT2D eigenvalue weighted by atomic mass is 35.5. The van der Waals surface area contributed by atoms with Crippen molar-refractivity contribution in [2.45, 2.75) is 37.3 Å². The van der Waals surface area contributed by atoms with Crippen molar-refractivity contribution < 1.29 is 9.18 Å². The number of amidine groups is 1. The highest BCUT2D eigenvalue weighted by Crippen LogP contribution is 2.33. The molecule has 1 aromatic carbocycles. The number of halogens is 2. The van der Waals surface area contributed by atoms with Gasteiger partial charge in [-0.1, -0.05) is 17.7 Å². The van der Waals surface area contributed by atoms with Crippen LogP contribution in [-0.2, 0) is 4.79 Å². The number of nitrogens with zero attached hydrogens (tertiary/aromatic N) is 3. The Bertz CT molecular complexity index is 1010. The molecule has 3 rings (SSSR count). The number of benzene rings is 1. The lowest BCUT2D eigenvalue weighted by Crippen LogP contribution is -2.44. The zero-order valence-electron chi connectivity index (χ0n) is 17.5. The summed E-state index contributed by atoms with van der Waals surface area (Å²) in [5.74, 6) is -2.51. The summed E-state index contributed by atoms with van der Waals surface area (Å²) in [6.07, 6.45) is 5.83. The molecule has 1 atom stereocenters. The van der Waals surface area contributed by atoms with E-state index in [1.54, 1.807) is 0 Å². The van der Waals surface area contributed by atoms with Crippen molar-refractivity contribution >= 4 is 40.9 Å². The van der Waals surface area contributed by atoms with Gasteiger partial charge in [0.1, 0.15) is 11.8 Å². The zero-order chi connectivity index (χ0) is 23.1. The van der Waals surface area contributed by atoms with Crippen LogP contribution in [0.2, 0.25) is 5.02 Å². The number of aliphatic imine (C=N–C) groups is 2. The van der Waals surface area contributed by atoms with Crippen LogP contribution in [0.1, 0.15) is 25.7 Å². The number of carbonyl (C=O) groups is 1. The SMILES string of the molecule is NCC1(N=CC(C(N)=O)C(N)=Nc2ccnc(F)c2)CCC(Nc2cccc(Cl)c2)CC1. The normalized spacial score (nSPS) is 22.6. The number of amides is 1. The van der Waals surface area contributed by atoms with Crippen LogP contribution in [0, 0.1) is 11.9 Å². The summed E-state index contributed by atoms with van der Waals surface area (Å²) in [5, 5.41) is 4.17. The molecular formula is C22H27ClFN7O. The molecule has 0 saturated heterocycles. The fourth-order valence-electron chi connectivity index (χ4n) is 3.71. The van der Waals surface area contributed by atoms with Crippen LogP contribution in [-0.4, -0.2) is 41.1 Å². The molecule has 10 heteroatoms. The fourth-order valence-corrected chi connectivity index (χ4v) is 3.90. The second kappa shape index (κ2) is 10.5. The van der Waals surface area contributed by atoms with E-state index >= 15 is 0 Å². The van der Waals surface area contributed by atoms with Crippen LogP contribution in [0.4, 0.5) is 15.8 Å². The van der Waals surface area contributed by atoms with Gasteiger partial charge in [-0.05, 0) is 49.9 Å². The van der Waals surface area contributed by atoms with Gasteiger partial charge in [-0.2, -0.15) is 4.39 Å². The summed E-state index contributed by atoms with van der Waals surface area (Å²) < 4.78 is 13.3. The third kappa shape index (κ3) is 6.24. The average Bonchev–Trinajstić information content (AvgIpc) is 2.75. The highest BCUT2D eigenvalue weighted by molar-refractivity contribution is 6.30. The maximum Gasteiger partial charge on any atom is 0.233 e. The average molecular weight is 460 g/mol. The number of nitrogens with one attached hydrogen (secondary N) is 1. The van der Waals surface area contributed by atoms with Crippen LogP contribution < -0.4 is 22.5 Å². The molecule has 32 heavy (non-hydrogen) atoms. The van der Waals surface area contributed by atoms with Gasteiger partial charge in [-0.25, -0.2) is 9.98 Å². The molecule has 1 aliphatic carbocycles. The number of pyridine rings is 1. The number of hydrogen-bond acceptors (Lipinski definition) is 6. The van der Waals surface area contributed by atoms with E-state index < -0.39 is 23.3 Å². The van der Waals surface area contributed by atoms with Crippen molar-refractivity contribution in [2.75, 3.05) is 11.9 Å². The Balaban J connectivity index is 1.68. The van der Waals surface area contributed by atoms with Gasteiger partial charge in [0.05, 0.1) is 11.2 Å². The largest absolute Gasteiger partial charge is 0.386 e. The molecule has 1 fully saturated rings. The van der Waals surface area contributed by atoms with E-state index in [1.165, 1.54) is 18.5 Å². The van der Waals surface area contributed by atoms with E-state index in [0.29, 0.717) is 11.6 Å². The molecule has 1 aromatic heterocycles. The number of nitrogens with two attached hydrogens (primary N) is 3. The van der Waals surface area contributed by atoms with E-state index in [-0.39, 0.29) is 17.6 Å². The topological polar surface area (TPSA) is 145 Å². The van der Waals surface area contributed by atoms with Gasteiger partial charge in [-0.15, -0.1) is 0 Å². The Morgan fingerprint density at radius 2 is 2.06 bits per heavy atom. The maximum absolute atomic E-state index is 13.3. The number of carbonyl (C=O) groups excluding carboxylic acids is 1. The summed E-state index contributed by atoms with van der Waals surface area (Å²) in [6.45, 7) is 0.325. The van der Waals surface area contributed by atoms with E-state index in [0.717, 1.165) is 37.4 Å². The molecule has 1 heterocycles. The molecule has 1 unspecified atom stereocenters. The third-order valence-electron chi connectivity index (χ3n) is 5.58. The van der Waals surface area contributed by atoms with Crippen LogP contribution in [0.25, 0.3) is 0 Å². The summed E-state index contributed by atoms with van der Waals surface area (Å²) in [4.78, 5) is 24.2.